The SMILES string of the molecule is Cc1nc(OCCNS(=O)(=O)c2cccc(Cl)c2)cc(N2CCCCC2)n1. The number of hydrogen-bond acceptors (Lipinski definition) is 6. The first-order valence-electron chi connectivity index (χ1n) is 8.93. The highest BCUT2D eigenvalue weighted by Gasteiger charge is 2.15. The second-order valence-electron chi connectivity index (χ2n) is 6.36. The molecule has 0 spiro atoms. The predicted octanol–water partition coefficient (Wildman–Crippen LogP) is 2.79. The Morgan fingerprint density at radius 2 is 1.96 bits per heavy atom. The number of ether oxygens (including phenoxy) is 1. The van der Waals surface area contributed by atoms with Crippen LogP contribution in [0.1, 0.15) is 25.1 Å². The zero-order chi connectivity index (χ0) is 19.3. The van der Waals surface area contributed by atoms with Gasteiger partial charge in [0.1, 0.15) is 18.2 Å². The molecular formula is C18H23ClN4O3S. The van der Waals surface area contributed by atoms with E-state index in [0.29, 0.717) is 16.7 Å². The Bertz CT molecular complexity index is 886. The first-order valence-corrected chi connectivity index (χ1v) is 10.8. The molecule has 0 amide bonds. The lowest BCUT2D eigenvalue weighted by atomic mass is 10.1. The lowest BCUT2D eigenvalue weighted by Gasteiger charge is -2.28. The smallest absolute Gasteiger partial charge is 0.240 e. The number of nitrogens with zero attached hydrogens (tertiary/aromatic N) is 3. The van der Waals surface area contributed by atoms with Crippen molar-refractivity contribution in [3.63, 3.8) is 0 Å². The normalized spacial score (nSPS) is 15.0. The van der Waals surface area contributed by atoms with Crippen molar-refractivity contribution in [3.8, 4) is 5.88 Å². The van der Waals surface area contributed by atoms with Gasteiger partial charge in [-0.1, -0.05) is 17.7 Å². The van der Waals surface area contributed by atoms with E-state index in [-0.39, 0.29) is 18.0 Å². The molecule has 1 saturated heterocycles. The molecular weight excluding hydrogens is 388 g/mol. The molecule has 0 aliphatic carbocycles. The fourth-order valence-corrected chi connectivity index (χ4v) is 4.25. The molecule has 3 rings (SSSR count). The predicted molar refractivity (Wildman–Crippen MR) is 105 cm³/mol. The zero-order valence-corrected chi connectivity index (χ0v) is 16.8. The Labute approximate surface area is 164 Å². The summed E-state index contributed by atoms with van der Waals surface area (Å²) >= 11 is 5.85. The van der Waals surface area contributed by atoms with Crippen molar-refractivity contribution in [1.29, 1.82) is 0 Å². The molecule has 1 aliphatic rings. The first kappa shape index (κ1) is 19.9. The number of anilines is 1. The average molecular weight is 411 g/mol. The number of rotatable bonds is 7. The fraction of sp³-hybridized carbons (Fsp3) is 0.444. The monoisotopic (exact) mass is 410 g/mol. The van der Waals surface area contributed by atoms with Crippen molar-refractivity contribution in [1.82, 2.24) is 14.7 Å². The van der Waals surface area contributed by atoms with Crippen LogP contribution in [-0.4, -0.2) is 44.6 Å². The van der Waals surface area contributed by atoms with E-state index in [1.807, 2.05) is 13.0 Å². The summed E-state index contributed by atoms with van der Waals surface area (Å²) in [6.07, 6.45) is 3.56. The summed E-state index contributed by atoms with van der Waals surface area (Å²) in [7, 11) is -3.63. The molecule has 1 aromatic heterocycles. The number of benzene rings is 1. The van der Waals surface area contributed by atoms with Gasteiger partial charge in [-0.05, 0) is 44.4 Å². The van der Waals surface area contributed by atoms with Gasteiger partial charge in [0.15, 0.2) is 0 Å². The number of hydrogen-bond donors (Lipinski definition) is 1. The Kier molecular flexibility index (Phi) is 6.51. The summed E-state index contributed by atoms with van der Waals surface area (Å²) in [5.74, 6) is 1.94. The molecule has 0 bridgehead atoms. The van der Waals surface area contributed by atoms with Gasteiger partial charge in [0, 0.05) is 30.7 Å². The lowest BCUT2D eigenvalue weighted by molar-refractivity contribution is 0.309. The van der Waals surface area contributed by atoms with E-state index in [0.717, 1.165) is 31.7 Å². The number of halogens is 1. The third-order valence-corrected chi connectivity index (χ3v) is 5.93. The zero-order valence-electron chi connectivity index (χ0n) is 15.2. The number of piperidine rings is 1. The molecule has 0 radical (unpaired) electrons. The van der Waals surface area contributed by atoms with Crippen molar-refractivity contribution >= 4 is 27.4 Å². The summed E-state index contributed by atoms with van der Waals surface area (Å²) < 4.78 is 32.6. The van der Waals surface area contributed by atoms with E-state index < -0.39 is 10.0 Å². The van der Waals surface area contributed by atoms with Crippen molar-refractivity contribution < 1.29 is 13.2 Å². The van der Waals surface area contributed by atoms with Crippen LogP contribution in [0.15, 0.2) is 35.2 Å². The van der Waals surface area contributed by atoms with Gasteiger partial charge in [0.2, 0.25) is 15.9 Å². The largest absolute Gasteiger partial charge is 0.476 e. The molecule has 2 aromatic rings. The number of aryl methyl sites for hydroxylation is 1. The van der Waals surface area contributed by atoms with Crippen molar-refractivity contribution in [2.45, 2.75) is 31.1 Å². The minimum atomic E-state index is -3.63. The van der Waals surface area contributed by atoms with Gasteiger partial charge in [0.05, 0.1) is 4.90 Å². The van der Waals surface area contributed by atoms with Crippen LogP contribution < -0.4 is 14.4 Å². The van der Waals surface area contributed by atoms with E-state index >= 15 is 0 Å². The Hall–Kier alpha value is -1.90. The molecule has 2 heterocycles. The topological polar surface area (TPSA) is 84.4 Å². The number of nitrogens with one attached hydrogen (secondary N) is 1. The standard InChI is InChI=1S/C18H23ClN4O3S/c1-14-21-17(23-9-3-2-4-10-23)13-18(22-14)26-11-8-20-27(24,25)16-7-5-6-15(19)12-16/h5-7,12-13,20H,2-4,8-11H2,1H3. The van der Waals surface area contributed by atoms with Gasteiger partial charge in [0.25, 0.3) is 0 Å². The minimum Gasteiger partial charge on any atom is -0.476 e. The molecule has 7 nitrogen and oxygen atoms in total. The van der Waals surface area contributed by atoms with Crippen LogP contribution in [0, 0.1) is 6.92 Å². The summed E-state index contributed by atoms with van der Waals surface area (Å²) in [6, 6.07) is 7.93. The summed E-state index contributed by atoms with van der Waals surface area (Å²) in [6.45, 7) is 4.07. The highest BCUT2D eigenvalue weighted by atomic mass is 35.5. The third-order valence-electron chi connectivity index (χ3n) is 4.23. The summed E-state index contributed by atoms with van der Waals surface area (Å²) in [5, 5.41) is 0.371. The maximum Gasteiger partial charge on any atom is 0.240 e. The van der Waals surface area contributed by atoms with E-state index in [1.165, 1.54) is 18.6 Å². The maximum absolute atomic E-state index is 12.3. The van der Waals surface area contributed by atoms with E-state index in [2.05, 4.69) is 19.6 Å². The highest BCUT2D eigenvalue weighted by molar-refractivity contribution is 7.89. The molecule has 1 N–H and O–H groups in total. The summed E-state index contributed by atoms with van der Waals surface area (Å²) in [5.41, 5.74) is 0. The van der Waals surface area contributed by atoms with Crippen LogP contribution in [0.4, 0.5) is 5.82 Å². The van der Waals surface area contributed by atoms with Gasteiger partial charge in [-0.3, -0.25) is 0 Å². The van der Waals surface area contributed by atoms with E-state index in [9.17, 15) is 8.42 Å². The van der Waals surface area contributed by atoms with Crippen LogP contribution in [0.25, 0.3) is 0 Å². The van der Waals surface area contributed by atoms with Gasteiger partial charge in [-0.25, -0.2) is 18.1 Å². The number of sulfonamides is 1. The molecule has 27 heavy (non-hydrogen) atoms. The quantitative estimate of drug-likeness (QED) is 0.706. The first-order chi connectivity index (χ1) is 12.9. The van der Waals surface area contributed by atoms with Gasteiger partial charge >= 0.3 is 0 Å². The number of aromatic nitrogens is 2. The maximum atomic E-state index is 12.3. The van der Waals surface area contributed by atoms with Crippen molar-refractivity contribution in [3.05, 3.63) is 41.2 Å². The van der Waals surface area contributed by atoms with Crippen LogP contribution in [-0.2, 0) is 10.0 Å². The van der Waals surface area contributed by atoms with Gasteiger partial charge in [-0.15, -0.1) is 0 Å². The van der Waals surface area contributed by atoms with E-state index in [4.69, 9.17) is 16.3 Å². The van der Waals surface area contributed by atoms with Crippen LogP contribution in [0.5, 0.6) is 5.88 Å². The molecule has 0 atom stereocenters. The van der Waals surface area contributed by atoms with Crippen molar-refractivity contribution in [2.24, 2.45) is 0 Å². The second-order valence-corrected chi connectivity index (χ2v) is 8.57. The van der Waals surface area contributed by atoms with Gasteiger partial charge < -0.3 is 9.64 Å². The van der Waals surface area contributed by atoms with Crippen molar-refractivity contribution in [2.75, 3.05) is 31.1 Å². The van der Waals surface area contributed by atoms with Crippen LogP contribution in [0.3, 0.4) is 0 Å². The van der Waals surface area contributed by atoms with E-state index in [1.54, 1.807) is 12.1 Å². The van der Waals surface area contributed by atoms with Gasteiger partial charge in [-0.2, -0.15) is 4.98 Å². The molecule has 146 valence electrons. The molecule has 1 aromatic carbocycles. The Morgan fingerprint density at radius 3 is 2.70 bits per heavy atom. The summed E-state index contributed by atoms with van der Waals surface area (Å²) in [4.78, 5) is 11.1. The Balaban J connectivity index is 1.56. The highest BCUT2D eigenvalue weighted by Crippen LogP contribution is 2.21. The van der Waals surface area contributed by atoms with Crippen LogP contribution in [0.2, 0.25) is 5.02 Å². The minimum absolute atomic E-state index is 0.122. The Morgan fingerprint density at radius 1 is 1.19 bits per heavy atom. The average Bonchev–Trinajstić information content (AvgIpc) is 2.66. The molecule has 0 saturated carbocycles. The lowest BCUT2D eigenvalue weighted by Crippen LogP contribution is -2.30. The third kappa shape index (κ3) is 5.54. The molecule has 1 aliphatic heterocycles. The fourth-order valence-electron chi connectivity index (χ4n) is 2.93. The second kappa shape index (κ2) is 8.86. The van der Waals surface area contributed by atoms with Crippen LogP contribution >= 0.6 is 11.6 Å². The molecule has 0 unspecified atom stereocenters. The molecule has 1 fully saturated rings. The molecule has 9 heteroatoms.